The molecule has 0 spiro atoms. The third-order valence-electron chi connectivity index (χ3n) is 6.58. The molecule has 0 bridgehead atoms. The van der Waals surface area contributed by atoms with Crippen molar-refractivity contribution >= 4 is 29.4 Å². The van der Waals surface area contributed by atoms with Gasteiger partial charge in [0.15, 0.2) is 6.61 Å². The molecule has 2 atom stereocenters. The fourth-order valence-corrected chi connectivity index (χ4v) is 4.76. The van der Waals surface area contributed by atoms with Crippen LogP contribution in [-0.2, 0) is 25.2 Å². The van der Waals surface area contributed by atoms with E-state index in [0.29, 0.717) is 32.7 Å². The van der Waals surface area contributed by atoms with E-state index in [1.165, 1.54) is 11.0 Å². The van der Waals surface area contributed by atoms with Crippen LogP contribution in [0.15, 0.2) is 30.6 Å². The summed E-state index contributed by atoms with van der Waals surface area (Å²) in [5.74, 6) is -0.475. The molecule has 1 N–H and O–H groups in total. The Morgan fingerprint density at radius 2 is 1.80 bits per heavy atom. The minimum atomic E-state index is -4.58. The average molecular weight is 566 g/mol. The number of nitrogens with one attached hydrogen (secondary N) is 1. The lowest BCUT2D eigenvalue weighted by Gasteiger charge is -2.40. The van der Waals surface area contributed by atoms with Crippen molar-refractivity contribution in [1.29, 1.82) is 0 Å². The molecule has 2 aromatic rings. The van der Waals surface area contributed by atoms with E-state index in [0.717, 1.165) is 17.8 Å². The van der Waals surface area contributed by atoms with Crippen LogP contribution in [0.3, 0.4) is 0 Å². The number of esters is 1. The molecule has 1 aromatic heterocycles. The monoisotopic (exact) mass is 565 g/mol. The molecule has 2 aliphatic heterocycles. The van der Waals surface area contributed by atoms with Crippen LogP contribution in [0.1, 0.15) is 57.7 Å². The van der Waals surface area contributed by atoms with Crippen molar-refractivity contribution in [2.24, 2.45) is 0 Å². The number of anilines is 3. The third kappa shape index (κ3) is 7.12. The maximum absolute atomic E-state index is 13.7. The van der Waals surface area contributed by atoms with E-state index in [4.69, 9.17) is 14.2 Å². The molecule has 13 heteroatoms. The smallest absolute Gasteiger partial charge is 0.416 e. The van der Waals surface area contributed by atoms with Crippen LogP contribution in [0.4, 0.5) is 35.3 Å². The summed E-state index contributed by atoms with van der Waals surface area (Å²) in [5.41, 5.74) is -0.290. The van der Waals surface area contributed by atoms with E-state index in [1.54, 1.807) is 33.2 Å². The van der Waals surface area contributed by atoms with Gasteiger partial charge in [-0.1, -0.05) is 6.92 Å². The molecule has 0 saturated carbocycles. The second-order valence-electron chi connectivity index (χ2n) is 10.6. The Labute approximate surface area is 230 Å². The molecule has 10 nitrogen and oxygen atoms in total. The van der Waals surface area contributed by atoms with Crippen molar-refractivity contribution < 1.29 is 37.0 Å². The second kappa shape index (κ2) is 11.9. The lowest BCUT2D eigenvalue weighted by molar-refractivity contribution is -0.158. The van der Waals surface area contributed by atoms with Gasteiger partial charge in [0.1, 0.15) is 5.60 Å². The van der Waals surface area contributed by atoms with Gasteiger partial charge in [-0.15, -0.1) is 0 Å². The number of aromatic nitrogens is 2. The van der Waals surface area contributed by atoms with Crippen LogP contribution in [0, 0.1) is 0 Å². The van der Waals surface area contributed by atoms with Gasteiger partial charge in [-0.25, -0.2) is 19.6 Å². The van der Waals surface area contributed by atoms with Crippen LogP contribution >= 0.6 is 0 Å². The summed E-state index contributed by atoms with van der Waals surface area (Å²) in [5, 5.41) is 3.16. The van der Waals surface area contributed by atoms with Crippen molar-refractivity contribution in [2.45, 2.75) is 64.4 Å². The maximum Gasteiger partial charge on any atom is 0.416 e. The van der Waals surface area contributed by atoms with Gasteiger partial charge in [0.2, 0.25) is 5.95 Å². The molecule has 1 saturated heterocycles. The number of hydrogen-bond donors (Lipinski definition) is 1. The van der Waals surface area contributed by atoms with Crippen molar-refractivity contribution in [3.63, 3.8) is 0 Å². The minimum absolute atomic E-state index is 0.245. The summed E-state index contributed by atoms with van der Waals surface area (Å²) < 4.78 is 56.8. The van der Waals surface area contributed by atoms with Crippen molar-refractivity contribution in [2.75, 3.05) is 48.0 Å². The zero-order chi connectivity index (χ0) is 29.1. The normalized spacial score (nSPS) is 19.6. The summed E-state index contributed by atoms with van der Waals surface area (Å²) in [6, 6.07) is 2.16. The first-order valence-corrected chi connectivity index (χ1v) is 13.2. The highest BCUT2D eigenvalue weighted by atomic mass is 19.4. The Balaban J connectivity index is 1.59. The van der Waals surface area contributed by atoms with Gasteiger partial charge in [-0.05, 0) is 57.4 Å². The van der Waals surface area contributed by atoms with Crippen molar-refractivity contribution in [1.82, 2.24) is 9.97 Å². The fourth-order valence-electron chi connectivity index (χ4n) is 4.76. The molecule has 0 aliphatic carbocycles. The first kappa shape index (κ1) is 29.4. The molecule has 218 valence electrons. The minimum Gasteiger partial charge on any atom is -0.457 e. The molecule has 1 aromatic carbocycles. The third-order valence-corrected chi connectivity index (χ3v) is 6.58. The number of morpholine rings is 1. The lowest BCUT2D eigenvalue weighted by Crippen LogP contribution is -2.46. The molecule has 2 aliphatic rings. The largest absolute Gasteiger partial charge is 0.457 e. The quantitative estimate of drug-likeness (QED) is 0.487. The summed E-state index contributed by atoms with van der Waals surface area (Å²) in [4.78, 5) is 37.4. The number of alkyl halides is 3. The molecule has 1 amide bonds. The molecule has 40 heavy (non-hydrogen) atoms. The lowest BCUT2D eigenvalue weighted by atomic mass is 9.89. The summed E-state index contributed by atoms with van der Waals surface area (Å²) in [6.45, 7) is 8.94. The number of carbonyl (C=O) groups excluding carboxylic acids is 2. The van der Waals surface area contributed by atoms with Crippen LogP contribution in [0.25, 0.3) is 0 Å². The number of rotatable bonds is 6. The molecular formula is C27H34F3N5O5. The van der Waals surface area contributed by atoms with E-state index in [9.17, 15) is 22.8 Å². The Kier molecular flexibility index (Phi) is 8.71. The fraction of sp³-hybridized carbons (Fsp3) is 0.556. The Morgan fingerprint density at radius 1 is 1.12 bits per heavy atom. The van der Waals surface area contributed by atoms with Gasteiger partial charge in [0, 0.05) is 19.1 Å². The van der Waals surface area contributed by atoms with E-state index in [-0.39, 0.29) is 23.6 Å². The molecule has 0 unspecified atom stereocenters. The molecule has 1 fully saturated rings. The molecule has 3 heterocycles. The Hall–Kier alpha value is -3.61. The van der Waals surface area contributed by atoms with Gasteiger partial charge in [-0.2, -0.15) is 13.2 Å². The number of carbonyl (C=O) groups is 2. The zero-order valence-corrected chi connectivity index (χ0v) is 23.0. The number of ether oxygens (including phenoxy) is 3. The van der Waals surface area contributed by atoms with Crippen LogP contribution in [-0.4, -0.2) is 66.6 Å². The predicted octanol–water partition coefficient (Wildman–Crippen LogP) is 4.95. The Bertz CT molecular complexity index is 1200. The first-order chi connectivity index (χ1) is 18.9. The van der Waals surface area contributed by atoms with E-state index < -0.39 is 48.1 Å². The molecule has 0 radical (unpaired) electrons. The van der Waals surface area contributed by atoms with Gasteiger partial charge in [-0.3, -0.25) is 4.90 Å². The van der Waals surface area contributed by atoms with E-state index in [1.807, 2.05) is 6.92 Å². The Morgan fingerprint density at radius 3 is 2.40 bits per heavy atom. The number of nitrogens with zero attached hydrogens (tertiary/aromatic N) is 4. The topological polar surface area (TPSA) is 106 Å². The van der Waals surface area contributed by atoms with Crippen LogP contribution in [0.5, 0.6) is 0 Å². The number of fused-ring (bicyclic) bond motifs is 1. The van der Waals surface area contributed by atoms with Crippen LogP contribution < -0.4 is 15.1 Å². The summed E-state index contributed by atoms with van der Waals surface area (Å²) in [6.07, 6.45) is -1.36. The van der Waals surface area contributed by atoms with Gasteiger partial charge >= 0.3 is 18.2 Å². The zero-order valence-electron chi connectivity index (χ0n) is 23.0. The number of amides is 1. The summed E-state index contributed by atoms with van der Waals surface area (Å²) in [7, 11) is 0. The van der Waals surface area contributed by atoms with E-state index in [2.05, 4.69) is 20.2 Å². The molecule has 4 rings (SSSR count). The number of hydrogen-bond acceptors (Lipinski definition) is 9. The second-order valence-corrected chi connectivity index (χ2v) is 10.6. The van der Waals surface area contributed by atoms with Gasteiger partial charge < -0.3 is 24.4 Å². The van der Waals surface area contributed by atoms with E-state index >= 15 is 0 Å². The average Bonchev–Trinajstić information content (AvgIpc) is 2.90. The maximum atomic E-state index is 13.7. The van der Waals surface area contributed by atoms with Crippen molar-refractivity contribution in [3.8, 4) is 0 Å². The summed E-state index contributed by atoms with van der Waals surface area (Å²) >= 11 is 0. The first-order valence-electron chi connectivity index (χ1n) is 13.2. The standard InChI is InChI=1S/C27H34F3N5O5/c1-5-18-13-21(33-24-31-14-19(15-32-24)34-8-10-38-11-9-34)20-12-17(27(28,29)30)6-7-22(20)35(18)25(37)39-16-23(36)40-26(2,3)4/h6-7,12,14-15,18,21H,5,8-11,13,16H2,1-4H3,(H,31,32,33)/t18-,21+/m1/s1. The molecular weight excluding hydrogens is 531 g/mol. The van der Waals surface area contributed by atoms with Crippen LogP contribution in [0.2, 0.25) is 0 Å². The highest BCUT2D eigenvalue weighted by molar-refractivity contribution is 5.91. The number of benzene rings is 1. The number of halogens is 3. The SMILES string of the molecule is CC[C@@H]1C[C@H](Nc2ncc(N3CCOCC3)cn2)c2cc(C(F)(F)F)ccc2N1C(=O)OCC(=O)OC(C)(C)C. The predicted molar refractivity (Wildman–Crippen MR) is 141 cm³/mol. The van der Waals surface area contributed by atoms with Gasteiger partial charge in [0.05, 0.1) is 48.6 Å². The highest BCUT2D eigenvalue weighted by Crippen LogP contribution is 2.43. The van der Waals surface area contributed by atoms with Crippen molar-refractivity contribution in [3.05, 3.63) is 41.7 Å². The van der Waals surface area contributed by atoms with Gasteiger partial charge in [0.25, 0.3) is 0 Å². The highest BCUT2D eigenvalue weighted by Gasteiger charge is 2.39.